The summed E-state index contributed by atoms with van der Waals surface area (Å²) in [5, 5.41) is 0. The number of rotatable bonds is 3. The van der Waals surface area contributed by atoms with Crippen LogP contribution in [0.4, 0.5) is 30.7 Å². The molecule has 0 aromatic carbocycles. The number of pyridine rings is 1. The van der Waals surface area contributed by atoms with Gasteiger partial charge in [0.1, 0.15) is 0 Å². The van der Waals surface area contributed by atoms with Gasteiger partial charge in [-0.2, -0.15) is 13.2 Å². The van der Waals surface area contributed by atoms with Crippen LogP contribution in [0.2, 0.25) is 0 Å². The van der Waals surface area contributed by atoms with Crippen LogP contribution in [0.15, 0.2) is 6.07 Å². The number of ether oxygens (including phenoxy) is 2. The Kier molecular flexibility index (Phi) is 4.64. The number of alkyl halides is 6. The highest BCUT2D eigenvalue weighted by Crippen LogP contribution is 2.34. The van der Waals surface area contributed by atoms with Gasteiger partial charge in [-0.05, 0) is 0 Å². The molecule has 0 saturated carbocycles. The first-order chi connectivity index (χ1) is 9.44. The quantitative estimate of drug-likeness (QED) is 0.634. The molecule has 4 nitrogen and oxygen atoms in total. The van der Waals surface area contributed by atoms with Crippen molar-refractivity contribution >= 4 is 5.97 Å². The predicted molar refractivity (Wildman–Crippen MR) is 51.6 cm³/mol. The van der Waals surface area contributed by atoms with Gasteiger partial charge in [0.15, 0.2) is 11.5 Å². The summed E-state index contributed by atoms with van der Waals surface area (Å²) in [6.45, 7) is 0. The normalized spacial score (nSPS) is 12.2. The van der Waals surface area contributed by atoms with Crippen LogP contribution < -0.4 is 4.74 Å². The molecule has 0 aliphatic heterocycles. The molecule has 118 valence electrons. The Balaban J connectivity index is 3.35. The van der Waals surface area contributed by atoms with Gasteiger partial charge in [0.05, 0.1) is 13.5 Å². The first kappa shape index (κ1) is 17.0. The summed E-state index contributed by atoms with van der Waals surface area (Å²) in [5.74, 6) is -4.65. The molecule has 0 amide bonds. The molecule has 0 spiro atoms. The summed E-state index contributed by atoms with van der Waals surface area (Å²) < 4.78 is 94.4. The third-order valence-corrected chi connectivity index (χ3v) is 2.06. The molecule has 0 atom stereocenters. The van der Waals surface area contributed by atoms with E-state index in [2.05, 4.69) is 14.5 Å². The number of methoxy groups -OCH3 is 1. The third-order valence-electron chi connectivity index (χ3n) is 2.06. The molecule has 0 saturated heterocycles. The van der Waals surface area contributed by atoms with Crippen molar-refractivity contribution in [1.82, 2.24) is 4.98 Å². The van der Waals surface area contributed by atoms with E-state index in [1.807, 2.05) is 0 Å². The van der Waals surface area contributed by atoms with Crippen LogP contribution in [0.25, 0.3) is 0 Å². The minimum atomic E-state index is -5.36. The molecule has 1 rings (SSSR count). The first-order valence-corrected chi connectivity index (χ1v) is 5.03. The summed E-state index contributed by atoms with van der Waals surface area (Å²) in [5.41, 5.74) is -3.20. The van der Waals surface area contributed by atoms with Gasteiger partial charge in [0.25, 0.3) is 0 Å². The summed E-state index contributed by atoms with van der Waals surface area (Å²) in [7, 11) is 0.874. The average molecular weight is 321 g/mol. The summed E-state index contributed by atoms with van der Waals surface area (Å²) in [4.78, 5) is 13.4. The number of nitrogens with zero attached hydrogens (tertiary/aromatic N) is 1. The molecule has 0 aliphatic carbocycles. The molecule has 1 aromatic heterocycles. The molecule has 1 heterocycles. The smallest absolute Gasteiger partial charge is 0.469 e. The van der Waals surface area contributed by atoms with Gasteiger partial charge < -0.3 is 9.47 Å². The zero-order valence-corrected chi connectivity index (χ0v) is 10.1. The van der Waals surface area contributed by atoms with E-state index in [-0.39, 0.29) is 6.07 Å². The van der Waals surface area contributed by atoms with Gasteiger partial charge in [-0.1, -0.05) is 0 Å². The van der Waals surface area contributed by atoms with Crippen molar-refractivity contribution in [3.63, 3.8) is 0 Å². The number of hydrogen-bond acceptors (Lipinski definition) is 4. The monoisotopic (exact) mass is 321 g/mol. The van der Waals surface area contributed by atoms with Gasteiger partial charge in [-0.3, -0.25) is 4.79 Å². The van der Waals surface area contributed by atoms with Crippen molar-refractivity contribution in [2.24, 2.45) is 0 Å². The summed E-state index contributed by atoms with van der Waals surface area (Å²) in [6.07, 6.45) is -11.7. The van der Waals surface area contributed by atoms with E-state index in [0.29, 0.717) is 0 Å². The van der Waals surface area contributed by atoms with Crippen molar-refractivity contribution in [2.75, 3.05) is 7.11 Å². The van der Waals surface area contributed by atoms with Crippen molar-refractivity contribution < 1.29 is 45.0 Å². The average Bonchev–Trinajstić information content (AvgIpc) is 2.29. The number of carbonyl (C=O) groups excluding carboxylic acids is 1. The maximum atomic E-state index is 13.6. The van der Waals surface area contributed by atoms with Crippen LogP contribution in [-0.4, -0.2) is 24.4 Å². The maximum Gasteiger partial charge on any atom is 0.574 e. The van der Waals surface area contributed by atoms with Crippen LogP contribution in [0.1, 0.15) is 11.3 Å². The summed E-state index contributed by atoms with van der Waals surface area (Å²) >= 11 is 0. The molecule has 1 aromatic rings. The zero-order chi connectivity index (χ0) is 16.4. The number of aromatic nitrogens is 1. The highest BCUT2D eigenvalue weighted by Gasteiger charge is 2.40. The molecular weight excluding hydrogens is 315 g/mol. The van der Waals surface area contributed by atoms with Gasteiger partial charge >= 0.3 is 18.5 Å². The highest BCUT2D eigenvalue weighted by atomic mass is 19.4. The van der Waals surface area contributed by atoms with Crippen LogP contribution in [-0.2, 0) is 22.1 Å². The van der Waals surface area contributed by atoms with E-state index in [4.69, 9.17) is 0 Å². The Morgan fingerprint density at radius 2 is 1.81 bits per heavy atom. The molecule has 0 N–H and O–H groups in total. The number of carbonyl (C=O) groups is 1. The zero-order valence-electron chi connectivity index (χ0n) is 10.1. The van der Waals surface area contributed by atoms with Gasteiger partial charge in [0.2, 0.25) is 5.88 Å². The maximum absolute atomic E-state index is 13.6. The Morgan fingerprint density at radius 3 is 2.24 bits per heavy atom. The molecule has 0 aliphatic rings. The number of hydrogen-bond donors (Lipinski definition) is 0. The van der Waals surface area contributed by atoms with Crippen molar-refractivity contribution in [1.29, 1.82) is 0 Å². The second-order valence-electron chi connectivity index (χ2n) is 3.58. The first-order valence-electron chi connectivity index (χ1n) is 5.03. The van der Waals surface area contributed by atoms with Crippen LogP contribution in [0.3, 0.4) is 0 Å². The minimum Gasteiger partial charge on any atom is -0.469 e. The van der Waals surface area contributed by atoms with Crippen molar-refractivity contribution in [2.45, 2.75) is 19.0 Å². The van der Waals surface area contributed by atoms with Crippen molar-refractivity contribution in [3.8, 4) is 5.88 Å². The summed E-state index contributed by atoms with van der Waals surface area (Å²) in [6, 6.07) is 0.245. The molecule has 11 heteroatoms. The fourth-order valence-electron chi connectivity index (χ4n) is 1.27. The van der Waals surface area contributed by atoms with E-state index in [0.717, 1.165) is 7.11 Å². The SMILES string of the molecule is COC(=O)Cc1cc(OC(F)(F)F)nc(C(F)(F)F)c1F. The lowest BCUT2D eigenvalue weighted by Crippen LogP contribution is -2.21. The second-order valence-corrected chi connectivity index (χ2v) is 3.58. The molecule has 0 bridgehead atoms. The Bertz CT molecular complexity index is 539. The van der Waals surface area contributed by atoms with Crippen LogP contribution in [0.5, 0.6) is 5.88 Å². The second kappa shape index (κ2) is 5.74. The molecular formula is C10H6F7NO3. The fourth-order valence-corrected chi connectivity index (χ4v) is 1.27. The van der Waals surface area contributed by atoms with Gasteiger partial charge in [0, 0.05) is 11.6 Å². The Morgan fingerprint density at radius 1 is 1.24 bits per heavy atom. The van der Waals surface area contributed by atoms with Gasteiger partial charge in [-0.25, -0.2) is 9.37 Å². The third kappa shape index (κ3) is 4.76. The van der Waals surface area contributed by atoms with Crippen LogP contribution in [0, 0.1) is 5.82 Å². The lowest BCUT2D eigenvalue weighted by atomic mass is 10.1. The standard InChI is InChI=1S/C10H6F7NO3/c1-20-6(19)3-4-2-5(21-10(15,16)17)18-8(7(4)11)9(12,13)14/h2H,3H2,1H3. The van der Waals surface area contributed by atoms with E-state index in [1.54, 1.807) is 0 Å². The Hall–Kier alpha value is -2.07. The van der Waals surface area contributed by atoms with Gasteiger partial charge in [-0.15, -0.1) is 13.2 Å². The van der Waals surface area contributed by atoms with Crippen LogP contribution >= 0.6 is 0 Å². The van der Waals surface area contributed by atoms with E-state index < -0.39 is 47.9 Å². The molecule has 0 radical (unpaired) electrons. The lowest BCUT2D eigenvalue weighted by molar-refractivity contribution is -0.276. The van der Waals surface area contributed by atoms with E-state index in [1.165, 1.54) is 0 Å². The molecule has 0 fully saturated rings. The van der Waals surface area contributed by atoms with E-state index >= 15 is 0 Å². The largest absolute Gasteiger partial charge is 0.574 e. The molecule has 21 heavy (non-hydrogen) atoms. The Labute approximate surface area is 112 Å². The number of halogens is 7. The van der Waals surface area contributed by atoms with Crippen molar-refractivity contribution in [3.05, 3.63) is 23.1 Å². The lowest BCUT2D eigenvalue weighted by Gasteiger charge is -2.14. The topological polar surface area (TPSA) is 48.4 Å². The fraction of sp³-hybridized carbons (Fsp3) is 0.400. The van der Waals surface area contributed by atoms with E-state index in [9.17, 15) is 35.5 Å². The highest BCUT2D eigenvalue weighted by molar-refractivity contribution is 5.72. The molecule has 0 unspecified atom stereocenters. The minimum absolute atomic E-state index is 0.245. The predicted octanol–water partition coefficient (Wildman–Crippen LogP) is 2.85. The number of esters is 1.